The minimum absolute atomic E-state index is 0.0449. The van der Waals surface area contributed by atoms with E-state index in [1.807, 2.05) is 43.3 Å². The Morgan fingerprint density at radius 2 is 2.05 bits per heavy atom. The van der Waals surface area contributed by atoms with Gasteiger partial charge < -0.3 is 14.9 Å². The number of carboxylic acid groups (broad SMARTS) is 1. The number of hydrogen-bond acceptors (Lipinski definition) is 3. The second kappa shape index (κ2) is 5.99. The van der Waals surface area contributed by atoms with Crippen molar-refractivity contribution in [1.29, 1.82) is 0 Å². The van der Waals surface area contributed by atoms with Gasteiger partial charge in [0.2, 0.25) is 5.91 Å². The number of carbonyl (C=O) groups is 2. The lowest BCUT2D eigenvalue weighted by Crippen LogP contribution is -2.30. The molecule has 1 N–H and O–H groups in total. The average Bonchev–Trinajstić information content (AvgIpc) is 2.77. The fraction of sp³-hybridized carbons (Fsp3) is 0.375. The standard InChI is InChI=1S/C16H20N2O3/c1-4-9-18-14(19)10-13(16(20)21)15(18)11-5-7-12(8-6-11)17(2)3/h4-8,13,15H,1,9-10H2,2-3H3,(H,20,21)/t13-,15-/m1/s1. The van der Waals surface area contributed by atoms with Crippen LogP contribution < -0.4 is 4.90 Å². The molecule has 1 amide bonds. The highest BCUT2D eigenvalue weighted by atomic mass is 16.4. The molecule has 1 heterocycles. The molecule has 5 heteroatoms. The third-order valence-electron chi connectivity index (χ3n) is 3.83. The van der Waals surface area contributed by atoms with Crippen LogP contribution in [0.1, 0.15) is 18.0 Å². The van der Waals surface area contributed by atoms with Gasteiger partial charge in [0, 0.05) is 32.7 Å². The van der Waals surface area contributed by atoms with Gasteiger partial charge in [-0.05, 0) is 17.7 Å². The number of hydrogen-bond donors (Lipinski definition) is 1. The number of nitrogens with zero attached hydrogens (tertiary/aromatic N) is 2. The first-order valence-electron chi connectivity index (χ1n) is 6.86. The molecule has 0 unspecified atom stereocenters. The Kier molecular flexibility index (Phi) is 4.31. The van der Waals surface area contributed by atoms with Crippen LogP contribution in [-0.4, -0.2) is 42.5 Å². The van der Waals surface area contributed by atoms with Crippen molar-refractivity contribution >= 4 is 17.6 Å². The van der Waals surface area contributed by atoms with Crippen molar-refractivity contribution < 1.29 is 14.7 Å². The van der Waals surface area contributed by atoms with E-state index in [0.717, 1.165) is 11.3 Å². The van der Waals surface area contributed by atoms with Gasteiger partial charge in [0.15, 0.2) is 0 Å². The van der Waals surface area contributed by atoms with Gasteiger partial charge in [-0.25, -0.2) is 0 Å². The molecule has 2 atom stereocenters. The van der Waals surface area contributed by atoms with Gasteiger partial charge >= 0.3 is 5.97 Å². The number of carbonyl (C=O) groups excluding carboxylic acids is 1. The van der Waals surface area contributed by atoms with Crippen molar-refractivity contribution in [2.24, 2.45) is 5.92 Å². The van der Waals surface area contributed by atoms with E-state index in [9.17, 15) is 14.7 Å². The summed E-state index contributed by atoms with van der Waals surface area (Å²) in [5.74, 6) is -1.77. The number of rotatable bonds is 5. The summed E-state index contributed by atoms with van der Waals surface area (Å²) in [6.07, 6.45) is 1.67. The smallest absolute Gasteiger partial charge is 0.309 e. The molecule has 5 nitrogen and oxygen atoms in total. The summed E-state index contributed by atoms with van der Waals surface area (Å²) in [6.45, 7) is 4.01. The molecule has 1 saturated heterocycles. The van der Waals surface area contributed by atoms with E-state index in [1.165, 1.54) is 0 Å². The molecule has 2 rings (SSSR count). The second-order valence-corrected chi connectivity index (χ2v) is 5.41. The maximum absolute atomic E-state index is 12.0. The van der Waals surface area contributed by atoms with Gasteiger partial charge in [-0.1, -0.05) is 18.2 Å². The molecule has 21 heavy (non-hydrogen) atoms. The molecular weight excluding hydrogens is 268 g/mol. The highest BCUT2D eigenvalue weighted by Gasteiger charge is 2.44. The predicted molar refractivity (Wildman–Crippen MR) is 81.2 cm³/mol. The van der Waals surface area contributed by atoms with E-state index >= 15 is 0 Å². The molecule has 0 aromatic heterocycles. The Hall–Kier alpha value is -2.30. The van der Waals surface area contributed by atoms with Crippen molar-refractivity contribution in [2.45, 2.75) is 12.5 Å². The minimum atomic E-state index is -0.934. The Labute approximate surface area is 124 Å². The van der Waals surface area contributed by atoms with E-state index in [4.69, 9.17) is 0 Å². The predicted octanol–water partition coefficient (Wildman–Crippen LogP) is 1.91. The van der Waals surface area contributed by atoms with Gasteiger partial charge in [-0.3, -0.25) is 9.59 Å². The Balaban J connectivity index is 2.37. The normalized spacial score (nSPS) is 21.4. The average molecular weight is 288 g/mol. The van der Waals surface area contributed by atoms with Crippen molar-refractivity contribution in [3.8, 4) is 0 Å². The number of carboxylic acids is 1. The third kappa shape index (κ3) is 2.91. The molecule has 0 radical (unpaired) electrons. The summed E-state index contributed by atoms with van der Waals surface area (Å²) in [5.41, 5.74) is 1.88. The molecule has 1 aromatic rings. The Morgan fingerprint density at radius 1 is 1.43 bits per heavy atom. The monoisotopic (exact) mass is 288 g/mol. The van der Waals surface area contributed by atoms with Crippen LogP contribution in [0.5, 0.6) is 0 Å². The number of benzene rings is 1. The summed E-state index contributed by atoms with van der Waals surface area (Å²) in [5, 5.41) is 9.38. The minimum Gasteiger partial charge on any atom is -0.481 e. The summed E-state index contributed by atoms with van der Waals surface area (Å²) in [4.78, 5) is 27.1. The maximum atomic E-state index is 12.0. The van der Waals surface area contributed by atoms with Crippen LogP contribution in [0.3, 0.4) is 0 Å². The van der Waals surface area contributed by atoms with E-state index in [2.05, 4.69) is 6.58 Å². The maximum Gasteiger partial charge on any atom is 0.309 e. The lowest BCUT2D eigenvalue weighted by atomic mass is 9.93. The zero-order valence-corrected chi connectivity index (χ0v) is 12.3. The number of amides is 1. The van der Waals surface area contributed by atoms with Gasteiger partial charge in [-0.2, -0.15) is 0 Å². The zero-order valence-electron chi connectivity index (χ0n) is 12.3. The summed E-state index contributed by atoms with van der Waals surface area (Å²) < 4.78 is 0. The van der Waals surface area contributed by atoms with Crippen LogP contribution in [0.15, 0.2) is 36.9 Å². The highest BCUT2D eigenvalue weighted by Crippen LogP contribution is 2.38. The topological polar surface area (TPSA) is 60.9 Å². The van der Waals surface area contributed by atoms with Gasteiger partial charge in [0.05, 0.1) is 12.0 Å². The van der Waals surface area contributed by atoms with Crippen LogP contribution >= 0.6 is 0 Å². The largest absolute Gasteiger partial charge is 0.481 e. The highest BCUT2D eigenvalue weighted by molar-refractivity contribution is 5.87. The van der Waals surface area contributed by atoms with Crippen LogP contribution in [0.25, 0.3) is 0 Å². The molecule has 1 aliphatic heterocycles. The molecule has 0 saturated carbocycles. The van der Waals surface area contributed by atoms with Crippen molar-refractivity contribution in [3.63, 3.8) is 0 Å². The van der Waals surface area contributed by atoms with Crippen molar-refractivity contribution in [3.05, 3.63) is 42.5 Å². The molecule has 0 bridgehead atoms. The fourth-order valence-electron chi connectivity index (χ4n) is 2.75. The van der Waals surface area contributed by atoms with E-state index in [-0.39, 0.29) is 12.3 Å². The van der Waals surface area contributed by atoms with Crippen LogP contribution in [-0.2, 0) is 9.59 Å². The quantitative estimate of drug-likeness (QED) is 0.841. The number of anilines is 1. The van der Waals surface area contributed by atoms with Crippen molar-refractivity contribution in [2.75, 3.05) is 25.5 Å². The molecule has 1 aromatic carbocycles. The Morgan fingerprint density at radius 3 is 2.52 bits per heavy atom. The lowest BCUT2D eigenvalue weighted by molar-refractivity contribution is -0.142. The summed E-state index contributed by atoms with van der Waals surface area (Å²) >= 11 is 0. The third-order valence-corrected chi connectivity index (χ3v) is 3.83. The molecule has 0 spiro atoms. The van der Waals surface area contributed by atoms with Gasteiger partial charge in [-0.15, -0.1) is 6.58 Å². The summed E-state index contributed by atoms with van der Waals surface area (Å²) in [6, 6.07) is 7.23. The molecule has 0 aliphatic carbocycles. The number of aliphatic carboxylic acids is 1. The van der Waals surface area contributed by atoms with Crippen LogP contribution in [0.2, 0.25) is 0 Å². The van der Waals surface area contributed by atoms with E-state index in [0.29, 0.717) is 6.54 Å². The van der Waals surface area contributed by atoms with Gasteiger partial charge in [0.1, 0.15) is 0 Å². The van der Waals surface area contributed by atoms with Gasteiger partial charge in [0.25, 0.3) is 0 Å². The first-order chi connectivity index (χ1) is 9.95. The van der Waals surface area contributed by atoms with Crippen LogP contribution in [0, 0.1) is 5.92 Å². The summed E-state index contributed by atoms with van der Waals surface area (Å²) in [7, 11) is 3.89. The molecule has 112 valence electrons. The fourth-order valence-corrected chi connectivity index (χ4v) is 2.75. The zero-order chi connectivity index (χ0) is 15.6. The molecule has 1 fully saturated rings. The van der Waals surface area contributed by atoms with E-state index in [1.54, 1.807) is 11.0 Å². The van der Waals surface area contributed by atoms with Crippen molar-refractivity contribution in [1.82, 2.24) is 4.90 Å². The first-order valence-corrected chi connectivity index (χ1v) is 6.86. The second-order valence-electron chi connectivity index (χ2n) is 5.41. The lowest BCUT2D eigenvalue weighted by Gasteiger charge is -2.26. The SMILES string of the molecule is C=CCN1C(=O)C[C@@H](C(=O)O)[C@H]1c1ccc(N(C)C)cc1. The first kappa shape index (κ1) is 15.1. The Bertz CT molecular complexity index is 551. The number of likely N-dealkylation sites (tertiary alicyclic amines) is 1. The van der Waals surface area contributed by atoms with Crippen LogP contribution in [0.4, 0.5) is 5.69 Å². The molecule has 1 aliphatic rings. The van der Waals surface area contributed by atoms with E-state index < -0.39 is 17.9 Å². The molecular formula is C16H20N2O3.